The van der Waals surface area contributed by atoms with E-state index in [9.17, 15) is 19.8 Å². The molecule has 166 valence electrons. The first-order valence-electron chi connectivity index (χ1n) is 10.5. The number of phenols is 1. The van der Waals surface area contributed by atoms with Crippen LogP contribution in [0.5, 0.6) is 5.75 Å². The van der Waals surface area contributed by atoms with Crippen molar-refractivity contribution in [2.24, 2.45) is 0 Å². The summed E-state index contributed by atoms with van der Waals surface area (Å²) in [4.78, 5) is 35.6. The number of carbonyl (C=O) groups is 1. The maximum atomic E-state index is 13.5. The van der Waals surface area contributed by atoms with Gasteiger partial charge in [-0.05, 0) is 48.0 Å². The van der Waals surface area contributed by atoms with Crippen LogP contribution in [0.1, 0.15) is 17.2 Å². The summed E-state index contributed by atoms with van der Waals surface area (Å²) in [6, 6.07) is 17.2. The van der Waals surface area contributed by atoms with Gasteiger partial charge in [0.15, 0.2) is 11.2 Å². The third-order valence-electron chi connectivity index (χ3n) is 6.07. The molecular weight excluding hydrogens is 434 g/mol. The van der Waals surface area contributed by atoms with Gasteiger partial charge in [0.25, 0.3) is 5.91 Å². The Morgan fingerprint density at radius 1 is 0.971 bits per heavy atom. The number of nitrogens with zero attached hydrogens (tertiary/aromatic N) is 2. The van der Waals surface area contributed by atoms with Crippen molar-refractivity contribution in [3.63, 3.8) is 0 Å². The number of imidazole rings is 1. The lowest BCUT2D eigenvalue weighted by atomic mass is 9.93. The maximum Gasteiger partial charge on any atom is 0.294 e. The van der Waals surface area contributed by atoms with E-state index in [4.69, 9.17) is 4.42 Å². The normalized spacial score (nSPS) is 16.2. The zero-order chi connectivity index (χ0) is 23.4. The van der Waals surface area contributed by atoms with Crippen LogP contribution in [-0.2, 0) is 4.79 Å². The predicted octanol–water partition coefficient (Wildman–Crippen LogP) is 4.43. The lowest BCUT2D eigenvalue weighted by molar-refractivity contribution is -0.117. The topological polar surface area (TPSA) is 120 Å². The van der Waals surface area contributed by atoms with E-state index < -0.39 is 17.7 Å². The lowest BCUT2D eigenvalue weighted by Gasteiger charge is -2.26. The highest BCUT2D eigenvalue weighted by Gasteiger charge is 2.43. The number of aromatic nitrogens is 2. The van der Waals surface area contributed by atoms with Crippen molar-refractivity contribution in [3.05, 3.63) is 106 Å². The Hall–Kier alpha value is -4.85. The average Bonchev–Trinajstić information content (AvgIpc) is 3.42. The molecule has 3 heterocycles. The molecule has 0 fully saturated rings. The van der Waals surface area contributed by atoms with Crippen LogP contribution in [0.2, 0.25) is 0 Å². The molecule has 0 aliphatic carbocycles. The second kappa shape index (κ2) is 7.35. The number of hydrogen-bond acceptors (Lipinski definition) is 6. The molecule has 8 heteroatoms. The molecule has 1 aliphatic heterocycles. The second-order valence-electron chi connectivity index (χ2n) is 8.01. The van der Waals surface area contributed by atoms with Crippen molar-refractivity contribution in [2.75, 3.05) is 4.90 Å². The Balaban J connectivity index is 1.61. The van der Waals surface area contributed by atoms with E-state index in [0.717, 1.165) is 5.52 Å². The highest BCUT2D eigenvalue weighted by Crippen LogP contribution is 2.45. The molecule has 1 amide bonds. The molecule has 0 saturated carbocycles. The van der Waals surface area contributed by atoms with Crippen LogP contribution in [-0.4, -0.2) is 26.1 Å². The zero-order valence-electron chi connectivity index (χ0n) is 17.6. The molecule has 1 unspecified atom stereocenters. The number of anilines is 1. The molecule has 3 N–H and O–H groups in total. The summed E-state index contributed by atoms with van der Waals surface area (Å²) >= 11 is 0. The van der Waals surface area contributed by atoms with E-state index in [-0.39, 0.29) is 22.3 Å². The van der Waals surface area contributed by atoms with Gasteiger partial charge in [0.05, 0.1) is 34.4 Å². The van der Waals surface area contributed by atoms with Crippen LogP contribution in [0.3, 0.4) is 0 Å². The van der Waals surface area contributed by atoms with E-state index >= 15 is 0 Å². The van der Waals surface area contributed by atoms with E-state index in [0.29, 0.717) is 27.7 Å². The number of fused-ring (bicyclic) bond motifs is 2. The van der Waals surface area contributed by atoms with Gasteiger partial charge in [-0.15, -0.1) is 0 Å². The number of aromatic hydroxyl groups is 1. The Morgan fingerprint density at radius 2 is 1.76 bits per heavy atom. The van der Waals surface area contributed by atoms with Gasteiger partial charge in [-0.3, -0.25) is 14.5 Å². The fourth-order valence-corrected chi connectivity index (χ4v) is 4.45. The lowest BCUT2D eigenvalue weighted by Crippen LogP contribution is -2.32. The summed E-state index contributed by atoms with van der Waals surface area (Å²) in [6.07, 6.45) is 2.88. The average molecular weight is 451 g/mol. The minimum Gasteiger partial charge on any atom is -0.508 e. The summed E-state index contributed by atoms with van der Waals surface area (Å²) in [5, 5.41) is 21.1. The number of aliphatic hydroxyl groups excluding tert-OH is 1. The number of hydrogen-bond donors (Lipinski definition) is 3. The first-order valence-corrected chi connectivity index (χ1v) is 10.5. The standard InChI is InChI=1S/C26H17N3O5/c30-16-8-5-14(6-9-16)22-23(18-12-34-21-4-2-1-3-17(21)24(18)31)29(26(33)25(22)32)15-7-10-19-20(11-15)28-13-27-19/h1-13,23,30,32H,(H,27,28). The number of nitrogens with one attached hydrogen (secondary N) is 1. The monoisotopic (exact) mass is 451 g/mol. The highest BCUT2D eigenvalue weighted by atomic mass is 16.3. The van der Waals surface area contributed by atoms with Crippen LogP contribution in [0.15, 0.2) is 94.3 Å². The van der Waals surface area contributed by atoms with Gasteiger partial charge in [0.1, 0.15) is 17.6 Å². The molecule has 0 saturated heterocycles. The second-order valence-corrected chi connectivity index (χ2v) is 8.01. The molecule has 34 heavy (non-hydrogen) atoms. The molecular formula is C26H17N3O5. The van der Waals surface area contributed by atoms with Gasteiger partial charge in [-0.2, -0.15) is 0 Å². The smallest absolute Gasteiger partial charge is 0.294 e. The zero-order valence-corrected chi connectivity index (χ0v) is 17.6. The Morgan fingerprint density at radius 3 is 2.59 bits per heavy atom. The van der Waals surface area contributed by atoms with Gasteiger partial charge >= 0.3 is 0 Å². The number of H-pyrrole nitrogens is 1. The van der Waals surface area contributed by atoms with E-state index in [1.165, 1.54) is 23.3 Å². The minimum absolute atomic E-state index is 0.0378. The predicted molar refractivity (Wildman–Crippen MR) is 126 cm³/mol. The molecule has 0 spiro atoms. The summed E-state index contributed by atoms with van der Waals surface area (Å²) < 4.78 is 5.75. The van der Waals surface area contributed by atoms with Crippen molar-refractivity contribution in [1.82, 2.24) is 9.97 Å². The third-order valence-corrected chi connectivity index (χ3v) is 6.07. The van der Waals surface area contributed by atoms with Crippen LogP contribution in [0.4, 0.5) is 5.69 Å². The van der Waals surface area contributed by atoms with E-state index in [2.05, 4.69) is 9.97 Å². The largest absolute Gasteiger partial charge is 0.508 e. The Bertz CT molecular complexity index is 1680. The summed E-state index contributed by atoms with van der Waals surface area (Å²) in [6.45, 7) is 0. The number of carbonyl (C=O) groups excluding carboxylic acids is 1. The molecule has 1 atom stereocenters. The van der Waals surface area contributed by atoms with Crippen LogP contribution in [0, 0.1) is 0 Å². The van der Waals surface area contributed by atoms with Gasteiger partial charge in [-0.1, -0.05) is 24.3 Å². The van der Waals surface area contributed by atoms with Crippen molar-refractivity contribution in [3.8, 4) is 5.75 Å². The van der Waals surface area contributed by atoms with Crippen LogP contribution < -0.4 is 10.3 Å². The van der Waals surface area contributed by atoms with Crippen LogP contribution in [0.25, 0.3) is 27.6 Å². The minimum atomic E-state index is -0.964. The number of benzene rings is 3. The number of amides is 1. The number of para-hydroxylation sites is 1. The van der Waals surface area contributed by atoms with Crippen molar-refractivity contribution in [2.45, 2.75) is 6.04 Å². The molecule has 0 bridgehead atoms. The van der Waals surface area contributed by atoms with E-state index in [1.807, 2.05) is 0 Å². The number of aliphatic hydroxyl groups is 1. The van der Waals surface area contributed by atoms with Crippen molar-refractivity contribution >= 4 is 39.2 Å². The fraction of sp³-hybridized carbons (Fsp3) is 0.0385. The maximum absolute atomic E-state index is 13.5. The molecule has 1 aliphatic rings. The fourth-order valence-electron chi connectivity index (χ4n) is 4.45. The first kappa shape index (κ1) is 19.8. The summed E-state index contributed by atoms with van der Waals surface area (Å²) in [5.74, 6) is -1.10. The molecule has 6 rings (SSSR count). The molecule has 0 radical (unpaired) electrons. The Kier molecular flexibility index (Phi) is 4.28. The van der Waals surface area contributed by atoms with E-state index in [1.54, 1.807) is 60.9 Å². The number of rotatable bonds is 3. The van der Waals surface area contributed by atoms with Gasteiger partial charge in [0, 0.05) is 11.3 Å². The van der Waals surface area contributed by atoms with Gasteiger partial charge < -0.3 is 19.6 Å². The number of aromatic amines is 1. The van der Waals surface area contributed by atoms with Crippen LogP contribution >= 0.6 is 0 Å². The molecule has 2 aromatic heterocycles. The molecule has 5 aromatic rings. The first-order chi connectivity index (χ1) is 16.5. The quantitative estimate of drug-likeness (QED) is 0.373. The molecule has 8 nitrogen and oxygen atoms in total. The van der Waals surface area contributed by atoms with Gasteiger partial charge in [-0.25, -0.2) is 4.98 Å². The van der Waals surface area contributed by atoms with Gasteiger partial charge in [0.2, 0.25) is 0 Å². The SMILES string of the molecule is O=C1C(O)=C(c2ccc(O)cc2)C(c2coc3ccccc3c2=O)N1c1ccc2[nH]cnc2c1. The Labute approximate surface area is 192 Å². The molecule has 3 aromatic carbocycles. The summed E-state index contributed by atoms with van der Waals surface area (Å²) in [7, 11) is 0. The van der Waals surface area contributed by atoms with Crippen molar-refractivity contribution in [1.29, 1.82) is 0 Å². The number of phenolic OH excluding ortho intramolecular Hbond substituents is 1. The van der Waals surface area contributed by atoms with Crippen molar-refractivity contribution < 1.29 is 19.4 Å². The summed E-state index contributed by atoms with van der Waals surface area (Å²) in [5.41, 5.74) is 2.92. The third kappa shape index (κ3) is 2.89. The highest BCUT2D eigenvalue weighted by molar-refractivity contribution is 6.16.